The van der Waals surface area contributed by atoms with E-state index >= 15 is 0 Å². The molecule has 3 rings (SSSR count). The quantitative estimate of drug-likeness (QED) is 0.682. The molecule has 0 radical (unpaired) electrons. The van der Waals surface area contributed by atoms with Gasteiger partial charge in [-0.3, -0.25) is 0 Å². The molecule has 3 aromatic rings. The number of aromatic nitrogens is 2. The van der Waals surface area contributed by atoms with Gasteiger partial charge in [0.2, 0.25) is 0 Å². The summed E-state index contributed by atoms with van der Waals surface area (Å²) in [4.78, 5) is 4.46. The first-order chi connectivity index (χ1) is 9.15. The second-order valence-electron chi connectivity index (χ2n) is 4.88. The molecule has 3 heteroatoms. The summed E-state index contributed by atoms with van der Waals surface area (Å²) in [5, 5.41) is 0. The number of halogens is 1. The maximum Gasteiger partial charge on any atom is 0.0961 e. The van der Waals surface area contributed by atoms with Crippen LogP contribution in [-0.2, 0) is 6.54 Å². The van der Waals surface area contributed by atoms with Crippen molar-refractivity contribution in [2.45, 2.75) is 20.4 Å². The monoisotopic (exact) mass is 314 g/mol. The Bertz CT molecular complexity index is 723. The van der Waals surface area contributed by atoms with Crippen molar-refractivity contribution < 1.29 is 0 Å². The van der Waals surface area contributed by atoms with Crippen molar-refractivity contribution in [3.8, 4) is 0 Å². The Balaban J connectivity index is 2.08. The first kappa shape index (κ1) is 12.4. The highest BCUT2D eigenvalue weighted by Gasteiger charge is 2.07. The Morgan fingerprint density at radius 1 is 1.11 bits per heavy atom. The molecule has 0 aliphatic rings. The molecular formula is C16H15BrN2. The van der Waals surface area contributed by atoms with Crippen LogP contribution in [0.25, 0.3) is 11.0 Å². The molecule has 1 aromatic heterocycles. The molecule has 0 bridgehead atoms. The van der Waals surface area contributed by atoms with Gasteiger partial charge in [-0.1, -0.05) is 34.1 Å². The maximum atomic E-state index is 4.46. The summed E-state index contributed by atoms with van der Waals surface area (Å²) in [7, 11) is 0. The third-order valence-corrected chi connectivity index (χ3v) is 4.05. The Morgan fingerprint density at radius 2 is 1.84 bits per heavy atom. The summed E-state index contributed by atoms with van der Waals surface area (Å²) in [5.74, 6) is 0. The first-order valence-corrected chi connectivity index (χ1v) is 7.10. The van der Waals surface area contributed by atoms with Gasteiger partial charge in [-0.15, -0.1) is 0 Å². The molecular weight excluding hydrogens is 300 g/mol. The van der Waals surface area contributed by atoms with Gasteiger partial charge in [0.05, 0.1) is 17.4 Å². The fraction of sp³-hybridized carbons (Fsp3) is 0.188. The highest BCUT2D eigenvalue weighted by Crippen LogP contribution is 2.21. The number of nitrogens with zero attached hydrogens (tertiary/aromatic N) is 2. The molecule has 0 aliphatic carbocycles. The zero-order valence-electron chi connectivity index (χ0n) is 11.0. The smallest absolute Gasteiger partial charge is 0.0961 e. The summed E-state index contributed by atoms with van der Waals surface area (Å²) >= 11 is 3.52. The van der Waals surface area contributed by atoms with E-state index in [0.29, 0.717) is 0 Å². The van der Waals surface area contributed by atoms with Gasteiger partial charge in [0.15, 0.2) is 0 Å². The molecule has 0 saturated heterocycles. The van der Waals surface area contributed by atoms with Gasteiger partial charge in [-0.25, -0.2) is 4.98 Å². The summed E-state index contributed by atoms with van der Waals surface area (Å²) in [6.07, 6.45) is 1.92. The zero-order chi connectivity index (χ0) is 13.4. The molecule has 0 N–H and O–H groups in total. The van der Waals surface area contributed by atoms with Gasteiger partial charge in [0.25, 0.3) is 0 Å². The van der Waals surface area contributed by atoms with E-state index in [0.717, 1.165) is 22.1 Å². The molecule has 0 amide bonds. The predicted molar refractivity (Wildman–Crippen MR) is 82.5 cm³/mol. The number of hydrogen-bond acceptors (Lipinski definition) is 1. The van der Waals surface area contributed by atoms with Gasteiger partial charge in [-0.2, -0.15) is 0 Å². The summed E-state index contributed by atoms with van der Waals surface area (Å²) in [6, 6.07) is 12.6. The van der Waals surface area contributed by atoms with Gasteiger partial charge in [-0.05, 0) is 48.7 Å². The lowest BCUT2D eigenvalue weighted by Gasteiger charge is -2.11. The molecule has 0 atom stereocenters. The first-order valence-electron chi connectivity index (χ1n) is 6.30. The number of hydrogen-bond donors (Lipinski definition) is 0. The number of rotatable bonds is 2. The number of fused-ring (bicyclic) bond motifs is 1. The maximum absolute atomic E-state index is 4.46. The fourth-order valence-electron chi connectivity index (χ4n) is 2.42. The van der Waals surface area contributed by atoms with Gasteiger partial charge in [0.1, 0.15) is 0 Å². The van der Waals surface area contributed by atoms with E-state index in [1.165, 1.54) is 16.7 Å². The van der Waals surface area contributed by atoms with Crippen LogP contribution in [0, 0.1) is 13.8 Å². The van der Waals surface area contributed by atoms with E-state index < -0.39 is 0 Å². The second kappa shape index (κ2) is 4.82. The SMILES string of the molecule is Cc1cccc(C)c1Cn1cnc2ccc(Br)cc21. The fourth-order valence-corrected chi connectivity index (χ4v) is 2.77. The minimum atomic E-state index is 0.867. The standard InChI is InChI=1S/C16H15BrN2/c1-11-4-3-5-12(2)14(11)9-19-10-18-15-7-6-13(17)8-16(15)19/h3-8,10H,9H2,1-2H3. The Kier molecular flexibility index (Phi) is 3.15. The predicted octanol–water partition coefficient (Wildman–Crippen LogP) is 4.46. The van der Waals surface area contributed by atoms with Crippen LogP contribution in [-0.4, -0.2) is 9.55 Å². The van der Waals surface area contributed by atoms with E-state index in [1.807, 2.05) is 18.5 Å². The van der Waals surface area contributed by atoms with Crippen LogP contribution < -0.4 is 0 Å². The average Bonchev–Trinajstić information content (AvgIpc) is 2.76. The molecule has 1 heterocycles. The van der Waals surface area contributed by atoms with Crippen molar-refractivity contribution in [2.75, 3.05) is 0 Å². The van der Waals surface area contributed by atoms with Crippen LogP contribution >= 0.6 is 15.9 Å². The molecule has 2 aromatic carbocycles. The zero-order valence-corrected chi connectivity index (χ0v) is 12.6. The lowest BCUT2D eigenvalue weighted by molar-refractivity contribution is 0.812. The van der Waals surface area contributed by atoms with Crippen LogP contribution in [0.15, 0.2) is 47.2 Å². The van der Waals surface area contributed by atoms with Crippen LogP contribution in [0.5, 0.6) is 0 Å². The molecule has 0 saturated carbocycles. The number of aryl methyl sites for hydroxylation is 2. The van der Waals surface area contributed by atoms with Gasteiger partial charge >= 0.3 is 0 Å². The van der Waals surface area contributed by atoms with E-state index in [2.05, 4.69) is 63.6 Å². The third-order valence-electron chi connectivity index (χ3n) is 3.56. The minimum absolute atomic E-state index is 0.867. The van der Waals surface area contributed by atoms with Crippen molar-refractivity contribution in [2.24, 2.45) is 0 Å². The second-order valence-corrected chi connectivity index (χ2v) is 5.79. The molecule has 96 valence electrons. The Hall–Kier alpha value is -1.61. The van der Waals surface area contributed by atoms with Gasteiger partial charge in [0, 0.05) is 11.0 Å². The summed E-state index contributed by atoms with van der Waals surface area (Å²) < 4.78 is 3.29. The van der Waals surface area contributed by atoms with E-state index in [9.17, 15) is 0 Å². The minimum Gasteiger partial charge on any atom is -0.326 e. The van der Waals surface area contributed by atoms with Crippen LogP contribution in [0.4, 0.5) is 0 Å². The van der Waals surface area contributed by atoms with Crippen molar-refractivity contribution in [1.82, 2.24) is 9.55 Å². The third kappa shape index (κ3) is 2.30. The lowest BCUT2D eigenvalue weighted by atomic mass is 10.0. The normalized spacial score (nSPS) is 11.1. The molecule has 0 spiro atoms. The number of benzene rings is 2. The van der Waals surface area contributed by atoms with Crippen LogP contribution in [0.1, 0.15) is 16.7 Å². The van der Waals surface area contributed by atoms with Crippen LogP contribution in [0.3, 0.4) is 0 Å². The average molecular weight is 315 g/mol. The Morgan fingerprint density at radius 3 is 2.58 bits per heavy atom. The van der Waals surface area contributed by atoms with Crippen molar-refractivity contribution in [3.05, 3.63) is 63.9 Å². The van der Waals surface area contributed by atoms with Crippen molar-refractivity contribution >= 4 is 27.0 Å². The van der Waals surface area contributed by atoms with E-state index in [4.69, 9.17) is 0 Å². The highest BCUT2D eigenvalue weighted by molar-refractivity contribution is 9.10. The lowest BCUT2D eigenvalue weighted by Crippen LogP contribution is -2.02. The summed E-state index contributed by atoms with van der Waals surface area (Å²) in [5.41, 5.74) is 6.24. The Labute approximate surface area is 121 Å². The molecule has 2 nitrogen and oxygen atoms in total. The number of imidazole rings is 1. The van der Waals surface area contributed by atoms with Crippen molar-refractivity contribution in [1.29, 1.82) is 0 Å². The van der Waals surface area contributed by atoms with Crippen LogP contribution in [0.2, 0.25) is 0 Å². The topological polar surface area (TPSA) is 17.8 Å². The molecule has 0 fully saturated rings. The highest BCUT2D eigenvalue weighted by atomic mass is 79.9. The van der Waals surface area contributed by atoms with Crippen molar-refractivity contribution in [3.63, 3.8) is 0 Å². The van der Waals surface area contributed by atoms with E-state index in [1.54, 1.807) is 0 Å². The molecule has 0 aliphatic heterocycles. The molecule has 19 heavy (non-hydrogen) atoms. The van der Waals surface area contributed by atoms with E-state index in [-0.39, 0.29) is 0 Å². The largest absolute Gasteiger partial charge is 0.326 e. The molecule has 0 unspecified atom stereocenters. The van der Waals surface area contributed by atoms with Gasteiger partial charge < -0.3 is 4.57 Å². The summed E-state index contributed by atoms with van der Waals surface area (Å²) in [6.45, 7) is 5.19.